The molecule has 0 rings (SSSR count). The number of carbonyl (C=O) groups is 3. The average molecular weight is 783 g/mol. The molecule has 0 bridgehead atoms. The summed E-state index contributed by atoms with van der Waals surface area (Å²) in [6.45, 7) is 6.42. The summed E-state index contributed by atoms with van der Waals surface area (Å²) >= 11 is 0. The molecule has 0 saturated carbocycles. The minimum absolute atomic E-state index is 0.0884. The van der Waals surface area contributed by atoms with Gasteiger partial charge in [0.15, 0.2) is 6.10 Å². The number of hydrogen-bond donors (Lipinski definition) is 0. The Hall–Kier alpha value is -2.89. The lowest BCUT2D eigenvalue weighted by Crippen LogP contribution is -2.30. The van der Waals surface area contributed by atoms with Crippen molar-refractivity contribution in [1.29, 1.82) is 0 Å². The van der Waals surface area contributed by atoms with Gasteiger partial charge in [-0.3, -0.25) is 14.4 Å². The SMILES string of the molecule is CC/C=C\C/C=C\C/C=C\CCCCCCCCC(=O)OCC(COC(=O)CCCCCC/C=C\CCCC)OC(=O)CCCCCCC/C=C\CCCCC. The monoisotopic (exact) mass is 783 g/mol. The molecule has 0 spiro atoms. The maximum Gasteiger partial charge on any atom is 0.306 e. The Kier molecular flexibility index (Phi) is 42.5. The fourth-order valence-electron chi connectivity index (χ4n) is 6.19. The van der Waals surface area contributed by atoms with Crippen molar-refractivity contribution in [1.82, 2.24) is 0 Å². The molecular weight excluding hydrogens is 697 g/mol. The highest BCUT2D eigenvalue weighted by Gasteiger charge is 2.19. The van der Waals surface area contributed by atoms with Crippen LogP contribution in [0, 0.1) is 0 Å². The van der Waals surface area contributed by atoms with E-state index in [9.17, 15) is 14.4 Å². The van der Waals surface area contributed by atoms with Crippen LogP contribution in [-0.4, -0.2) is 37.2 Å². The van der Waals surface area contributed by atoms with Gasteiger partial charge in [-0.05, 0) is 96.3 Å². The zero-order valence-corrected chi connectivity index (χ0v) is 36.6. The third kappa shape index (κ3) is 42.3. The van der Waals surface area contributed by atoms with Gasteiger partial charge in [0.2, 0.25) is 0 Å². The molecular formula is C50H86O6. The summed E-state index contributed by atoms with van der Waals surface area (Å²) in [6.07, 6.45) is 53.4. The number of hydrogen-bond acceptors (Lipinski definition) is 6. The van der Waals surface area contributed by atoms with Gasteiger partial charge in [0, 0.05) is 19.3 Å². The van der Waals surface area contributed by atoms with Crippen LogP contribution in [0.1, 0.15) is 220 Å². The van der Waals surface area contributed by atoms with Crippen molar-refractivity contribution in [2.75, 3.05) is 13.2 Å². The highest BCUT2D eigenvalue weighted by molar-refractivity contribution is 5.71. The van der Waals surface area contributed by atoms with Gasteiger partial charge < -0.3 is 14.2 Å². The molecule has 6 heteroatoms. The Morgan fingerprint density at radius 1 is 0.375 bits per heavy atom. The van der Waals surface area contributed by atoms with Crippen LogP contribution < -0.4 is 0 Å². The summed E-state index contributed by atoms with van der Waals surface area (Å²) in [6, 6.07) is 0. The molecule has 0 fully saturated rings. The average Bonchev–Trinajstić information content (AvgIpc) is 3.19. The summed E-state index contributed by atoms with van der Waals surface area (Å²) < 4.78 is 16.7. The molecule has 0 amide bonds. The second-order valence-electron chi connectivity index (χ2n) is 15.3. The maximum atomic E-state index is 12.7. The molecule has 0 aromatic rings. The lowest BCUT2D eigenvalue weighted by Gasteiger charge is -2.18. The van der Waals surface area contributed by atoms with Gasteiger partial charge in [-0.1, -0.05) is 165 Å². The van der Waals surface area contributed by atoms with Gasteiger partial charge in [0.1, 0.15) is 13.2 Å². The van der Waals surface area contributed by atoms with Crippen molar-refractivity contribution in [2.45, 2.75) is 226 Å². The Morgan fingerprint density at radius 3 is 1.16 bits per heavy atom. The van der Waals surface area contributed by atoms with Gasteiger partial charge >= 0.3 is 17.9 Å². The summed E-state index contributed by atoms with van der Waals surface area (Å²) in [5, 5.41) is 0. The van der Waals surface area contributed by atoms with E-state index in [0.717, 1.165) is 116 Å². The quantitative estimate of drug-likeness (QED) is 0.0266. The molecule has 6 nitrogen and oxygen atoms in total. The van der Waals surface area contributed by atoms with Crippen LogP contribution in [0.3, 0.4) is 0 Å². The van der Waals surface area contributed by atoms with E-state index >= 15 is 0 Å². The Bertz CT molecular complexity index is 1040. The predicted molar refractivity (Wildman–Crippen MR) is 238 cm³/mol. The van der Waals surface area contributed by atoms with E-state index in [1.807, 2.05) is 0 Å². The minimum atomic E-state index is -0.785. The molecule has 0 saturated heterocycles. The van der Waals surface area contributed by atoms with Gasteiger partial charge in [0.05, 0.1) is 0 Å². The number of unbranched alkanes of at least 4 members (excludes halogenated alkanes) is 20. The molecule has 0 radical (unpaired) electrons. The lowest BCUT2D eigenvalue weighted by atomic mass is 10.1. The molecule has 1 unspecified atom stereocenters. The molecule has 0 aromatic heterocycles. The van der Waals surface area contributed by atoms with Crippen LogP contribution in [0.2, 0.25) is 0 Å². The van der Waals surface area contributed by atoms with Crippen LogP contribution >= 0.6 is 0 Å². The number of ether oxygens (including phenoxy) is 3. The third-order valence-corrected chi connectivity index (χ3v) is 9.73. The second-order valence-corrected chi connectivity index (χ2v) is 15.3. The van der Waals surface area contributed by atoms with E-state index in [0.29, 0.717) is 19.3 Å². The maximum absolute atomic E-state index is 12.7. The highest BCUT2D eigenvalue weighted by Crippen LogP contribution is 2.13. The first-order chi connectivity index (χ1) is 27.5. The first-order valence-corrected chi connectivity index (χ1v) is 23.3. The summed E-state index contributed by atoms with van der Waals surface area (Å²) in [4.78, 5) is 37.7. The molecule has 322 valence electrons. The molecule has 56 heavy (non-hydrogen) atoms. The second kappa shape index (κ2) is 44.8. The molecule has 0 aromatic carbocycles. The fourth-order valence-corrected chi connectivity index (χ4v) is 6.19. The Labute approximate surface area is 345 Å². The van der Waals surface area contributed by atoms with E-state index in [1.165, 1.54) is 64.2 Å². The fraction of sp³-hybridized carbons (Fsp3) is 0.740. The lowest BCUT2D eigenvalue weighted by molar-refractivity contribution is -0.167. The zero-order chi connectivity index (χ0) is 40.8. The predicted octanol–water partition coefficient (Wildman–Crippen LogP) is 14.9. The number of rotatable bonds is 41. The standard InChI is InChI=1S/C50H86O6/c1-4-7-10-13-16-19-22-24-25-26-27-29-31-34-37-40-43-49(52)55-46-47(45-54-48(51)42-39-36-33-30-21-18-15-12-9-6-3)56-50(53)44-41-38-35-32-28-23-20-17-14-11-8-5-2/h7,10,15-20,24-25,47H,4-6,8-9,11-14,21-23,26-46H2,1-3H3/b10-7-,18-15-,19-16-,20-17-,25-24-. The van der Waals surface area contributed by atoms with Crippen LogP contribution in [0.25, 0.3) is 0 Å². The van der Waals surface area contributed by atoms with Crippen LogP contribution in [0.15, 0.2) is 60.8 Å². The minimum Gasteiger partial charge on any atom is -0.462 e. The van der Waals surface area contributed by atoms with Crippen molar-refractivity contribution in [3.8, 4) is 0 Å². The van der Waals surface area contributed by atoms with Crippen molar-refractivity contribution in [3.05, 3.63) is 60.8 Å². The van der Waals surface area contributed by atoms with Gasteiger partial charge in [0.25, 0.3) is 0 Å². The Morgan fingerprint density at radius 2 is 0.714 bits per heavy atom. The van der Waals surface area contributed by atoms with Crippen molar-refractivity contribution in [2.24, 2.45) is 0 Å². The normalized spacial score (nSPS) is 12.6. The van der Waals surface area contributed by atoms with Crippen molar-refractivity contribution < 1.29 is 28.6 Å². The van der Waals surface area contributed by atoms with E-state index in [2.05, 4.69) is 81.5 Å². The number of esters is 3. The Balaban J connectivity index is 4.40. The van der Waals surface area contributed by atoms with E-state index in [1.54, 1.807) is 0 Å². The first-order valence-electron chi connectivity index (χ1n) is 23.3. The summed E-state index contributed by atoms with van der Waals surface area (Å²) in [7, 11) is 0. The highest BCUT2D eigenvalue weighted by atomic mass is 16.6. The number of allylic oxidation sites excluding steroid dienone is 10. The molecule has 0 N–H and O–H groups in total. The van der Waals surface area contributed by atoms with Crippen LogP contribution in [0.4, 0.5) is 0 Å². The van der Waals surface area contributed by atoms with E-state index in [-0.39, 0.29) is 31.1 Å². The molecule has 0 aliphatic rings. The van der Waals surface area contributed by atoms with Crippen molar-refractivity contribution >= 4 is 17.9 Å². The number of carbonyl (C=O) groups excluding carboxylic acids is 3. The summed E-state index contributed by atoms with van der Waals surface area (Å²) in [5.74, 6) is -0.926. The molecule has 1 atom stereocenters. The smallest absolute Gasteiger partial charge is 0.306 e. The molecule has 0 heterocycles. The van der Waals surface area contributed by atoms with Gasteiger partial charge in [-0.15, -0.1) is 0 Å². The van der Waals surface area contributed by atoms with Gasteiger partial charge in [-0.25, -0.2) is 0 Å². The molecule has 0 aliphatic carbocycles. The zero-order valence-electron chi connectivity index (χ0n) is 36.6. The first kappa shape index (κ1) is 53.1. The van der Waals surface area contributed by atoms with Gasteiger partial charge in [-0.2, -0.15) is 0 Å². The van der Waals surface area contributed by atoms with Crippen LogP contribution in [-0.2, 0) is 28.6 Å². The largest absolute Gasteiger partial charge is 0.462 e. The van der Waals surface area contributed by atoms with E-state index in [4.69, 9.17) is 14.2 Å². The topological polar surface area (TPSA) is 78.9 Å². The van der Waals surface area contributed by atoms with Crippen LogP contribution in [0.5, 0.6) is 0 Å². The molecule has 0 aliphatic heterocycles. The van der Waals surface area contributed by atoms with Crippen molar-refractivity contribution in [3.63, 3.8) is 0 Å². The third-order valence-electron chi connectivity index (χ3n) is 9.73. The van der Waals surface area contributed by atoms with E-state index < -0.39 is 6.10 Å². The summed E-state index contributed by atoms with van der Waals surface area (Å²) in [5.41, 5.74) is 0.